The highest BCUT2D eigenvalue weighted by Crippen LogP contribution is 2.31. The van der Waals surface area contributed by atoms with Crippen LogP contribution >= 0.6 is 55.1 Å². The van der Waals surface area contributed by atoms with Crippen molar-refractivity contribution in [3.05, 3.63) is 78.6 Å². The van der Waals surface area contributed by atoms with Crippen LogP contribution in [0.15, 0.2) is 57.5 Å². The third kappa shape index (κ3) is 3.41. The van der Waals surface area contributed by atoms with Crippen LogP contribution < -0.4 is 0 Å². The lowest BCUT2D eigenvalue weighted by atomic mass is 10.1. The molecule has 0 aliphatic heterocycles. The molecule has 0 fully saturated rings. The van der Waals surface area contributed by atoms with E-state index >= 15 is 0 Å². The first kappa shape index (κ1) is 16.1. The normalized spacial score (nSPS) is 11.5. The second-order valence-corrected chi connectivity index (χ2v) is 7.42. The fraction of sp³-hybridized carbons (Fsp3) is 0. The molecule has 0 aromatic heterocycles. The lowest BCUT2D eigenvalue weighted by molar-refractivity contribution is 1.61. The number of hydrogen-bond acceptors (Lipinski definition) is 0. The quantitative estimate of drug-likeness (QED) is 0.344. The van der Waals surface area contributed by atoms with E-state index in [1.54, 1.807) is 0 Å². The molecule has 0 amide bonds. The molecule has 0 heterocycles. The maximum Gasteiger partial charge on any atom is 0.0485 e. The average molecular weight is 457 g/mol. The van der Waals surface area contributed by atoms with Crippen molar-refractivity contribution < 1.29 is 0 Å². The van der Waals surface area contributed by atoms with Crippen molar-refractivity contribution >= 4 is 78.0 Å². The Bertz CT molecular complexity index is 886. The minimum Gasteiger partial charge on any atom is -0.0837 e. The first-order chi connectivity index (χ1) is 10.5. The van der Waals surface area contributed by atoms with Gasteiger partial charge in [0.25, 0.3) is 0 Å². The van der Waals surface area contributed by atoms with Gasteiger partial charge in [0.05, 0.1) is 0 Å². The van der Waals surface area contributed by atoms with E-state index in [1.807, 2.05) is 54.6 Å². The molecule has 0 aliphatic rings. The van der Waals surface area contributed by atoms with E-state index in [2.05, 4.69) is 37.9 Å². The van der Waals surface area contributed by atoms with Crippen molar-refractivity contribution in [3.63, 3.8) is 0 Å². The van der Waals surface area contributed by atoms with Crippen molar-refractivity contribution in [1.82, 2.24) is 0 Å². The van der Waals surface area contributed by atoms with Gasteiger partial charge in [-0.15, -0.1) is 0 Å². The summed E-state index contributed by atoms with van der Waals surface area (Å²) in [6.45, 7) is 0. The number of hydrogen-bond donors (Lipinski definition) is 0. The Labute approximate surface area is 156 Å². The number of rotatable bonds is 2. The van der Waals surface area contributed by atoms with Crippen LogP contribution in [0, 0.1) is 0 Å². The molecule has 3 aromatic carbocycles. The number of halogens is 4. The molecule has 0 bridgehead atoms. The molecule has 0 saturated heterocycles. The molecule has 0 radical (unpaired) electrons. The lowest BCUT2D eigenvalue weighted by Crippen LogP contribution is -1.80. The van der Waals surface area contributed by atoms with Crippen molar-refractivity contribution in [2.45, 2.75) is 0 Å². The summed E-state index contributed by atoms with van der Waals surface area (Å²) >= 11 is 19.5. The van der Waals surface area contributed by atoms with Crippen LogP contribution in [0.1, 0.15) is 11.1 Å². The average Bonchev–Trinajstić information content (AvgIpc) is 2.52. The van der Waals surface area contributed by atoms with Gasteiger partial charge < -0.3 is 0 Å². The van der Waals surface area contributed by atoms with Gasteiger partial charge in [0.15, 0.2) is 0 Å². The Morgan fingerprint density at radius 3 is 2.32 bits per heavy atom. The van der Waals surface area contributed by atoms with Crippen molar-refractivity contribution in [1.29, 1.82) is 0 Å². The Morgan fingerprint density at radius 1 is 0.727 bits per heavy atom. The predicted molar refractivity (Wildman–Crippen MR) is 105 cm³/mol. The molecule has 110 valence electrons. The Morgan fingerprint density at radius 2 is 1.50 bits per heavy atom. The number of fused-ring (bicyclic) bond motifs is 1. The summed E-state index contributed by atoms with van der Waals surface area (Å²) in [6.07, 6.45) is 4.05. The molecule has 0 spiro atoms. The number of benzene rings is 3. The van der Waals surface area contributed by atoms with Gasteiger partial charge in [-0.1, -0.05) is 79.3 Å². The summed E-state index contributed by atoms with van der Waals surface area (Å²) in [5.41, 5.74) is 2.06. The monoisotopic (exact) mass is 454 g/mol. The summed E-state index contributed by atoms with van der Waals surface area (Å²) in [5, 5.41) is 3.61. The van der Waals surface area contributed by atoms with Crippen LogP contribution in [-0.2, 0) is 0 Å². The second-order valence-electron chi connectivity index (χ2n) is 4.83. The Kier molecular flexibility index (Phi) is 4.94. The van der Waals surface area contributed by atoms with Gasteiger partial charge in [0.1, 0.15) is 0 Å². The summed E-state index contributed by atoms with van der Waals surface area (Å²) in [4.78, 5) is 0. The molecule has 3 aromatic rings. The lowest BCUT2D eigenvalue weighted by Gasteiger charge is -2.05. The van der Waals surface area contributed by atoms with Crippen molar-refractivity contribution in [3.8, 4) is 0 Å². The van der Waals surface area contributed by atoms with Gasteiger partial charge in [-0.3, -0.25) is 0 Å². The molecule has 4 heteroatoms. The molecule has 0 saturated carbocycles. The minimum atomic E-state index is 0.726. The second kappa shape index (κ2) is 6.76. The Balaban J connectivity index is 2.02. The first-order valence-corrected chi connectivity index (χ1v) is 8.90. The van der Waals surface area contributed by atoms with Gasteiger partial charge in [-0.25, -0.2) is 0 Å². The van der Waals surface area contributed by atoms with Crippen LogP contribution in [0.25, 0.3) is 22.9 Å². The van der Waals surface area contributed by atoms with Gasteiger partial charge >= 0.3 is 0 Å². The highest BCUT2D eigenvalue weighted by molar-refractivity contribution is 9.11. The van der Waals surface area contributed by atoms with E-state index in [4.69, 9.17) is 23.2 Å². The third-order valence-corrected chi connectivity index (χ3v) is 5.21. The molecule has 0 nitrogen and oxygen atoms in total. The third-order valence-electron chi connectivity index (χ3n) is 3.35. The van der Waals surface area contributed by atoms with Crippen LogP contribution in [0.4, 0.5) is 0 Å². The molecule has 22 heavy (non-hydrogen) atoms. The van der Waals surface area contributed by atoms with Crippen LogP contribution in [-0.4, -0.2) is 0 Å². The fourth-order valence-corrected chi connectivity index (χ4v) is 3.47. The molecule has 0 N–H and O–H groups in total. The maximum atomic E-state index is 6.23. The summed E-state index contributed by atoms with van der Waals surface area (Å²) < 4.78 is 2.03. The van der Waals surface area contributed by atoms with Crippen molar-refractivity contribution in [2.75, 3.05) is 0 Å². The van der Waals surface area contributed by atoms with E-state index in [-0.39, 0.29) is 0 Å². The van der Waals surface area contributed by atoms with Crippen LogP contribution in [0.3, 0.4) is 0 Å². The standard InChI is InChI=1S/C18H10Br2Cl2/c19-13-4-7-17(21)12(10-13)3-1-11-2-5-14-15(9-11)16(20)6-8-18(14)22/h1-10H. The minimum absolute atomic E-state index is 0.726. The molecule has 0 aliphatic carbocycles. The maximum absolute atomic E-state index is 6.23. The van der Waals surface area contributed by atoms with E-state index < -0.39 is 0 Å². The highest BCUT2D eigenvalue weighted by Gasteiger charge is 2.03. The zero-order valence-corrected chi connectivity index (χ0v) is 16.0. The van der Waals surface area contributed by atoms with Crippen LogP contribution in [0.2, 0.25) is 10.0 Å². The van der Waals surface area contributed by atoms with E-state index in [1.165, 1.54) is 0 Å². The molecule has 0 unspecified atom stereocenters. The smallest absolute Gasteiger partial charge is 0.0485 e. The molecule has 3 rings (SSSR count). The van der Waals surface area contributed by atoms with Crippen LogP contribution in [0.5, 0.6) is 0 Å². The molecule has 0 atom stereocenters. The van der Waals surface area contributed by atoms with E-state index in [0.29, 0.717) is 0 Å². The zero-order chi connectivity index (χ0) is 15.7. The summed E-state index contributed by atoms with van der Waals surface area (Å²) in [5.74, 6) is 0. The first-order valence-electron chi connectivity index (χ1n) is 6.55. The largest absolute Gasteiger partial charge is 0.0837 e. The van der Waals surface area contributed by atoms with Crippen molar-refractivity contribution in [2.24, 2.45) is 0 Å². The zero-order valence-electron chi connectivity index (χ0n) is 11.3. The SMILES string of the molecule is Clc1ccc(Br)cc1C=Cc1ccc2c(Cl)ccc(Br)c2c1. The van der Waals surface area contributed by atoms with E-state index in [9.17, 15) is 0 Å². The molecular formula is C18H10Br2Cl2. The van der Waals surface area contributed by atoms with Gasteiger partial charge in [-0.05, 0) is 52.9 Å². The fourth-order valence-electron chi connectivity index (χ4n) is 2.23. The van der Waals surface area contributed by atoms with E-state index in [0.717, 1.165) is 40.9 Å². The van der Waals surface area contributed by atoms with Gasteiger partial charge in [-0.2, -0.15) is 0 Å². The highest BCUT2D eigenvalue weighted by atomic mass is 79.9. The van der Waals surface area contributed by atoms with Gasteiger partial charge in [0, 0.05) is 24.4 Å². The summed E-state index contributed by atoms with van der Waals surface area (Å²) in [6, 6.07) is 15.8. The topological polar surface area (TPSA) is 0 Å². The predicted octanol–water partition coefficient (Wildman–Crippen LogP) is 7.84. The molecular weight excluding hydrogens is 447 g/mol. The summed E-state index contributed by atoms with van der Waals surface area (Å²) in [7, 11) is 0. The Hall–Kier alpha value is -0.800. The van der Waals surface area contributed by atoms with Gasteiger partial charge in [0.2, 0.25) is 0 Å².